The van der Waals surface area contributed by atoms with Crippen molar-refractivity contribution in [2.75, 3.05) is 32.5 Å². The highest BCUT2D eigenvalue weighted by molar-refractivity contribution is 5.93. The summed E-state index contributed by atoms with van der Waals surface area (Å²) in [6.07, 6.45) is -3.12. The van der Waals surface area contributed by atoms with Gasteiger partial charge in [-0.25, -0.2) is 0 Å². The molecule has 1 atom stereocenters. The molecule has 0 aliphatic carbocycles. The number of halogens is 3. The summed E-state index contributed by atoms with van der Waals surface area (Å²) in [5.74, 6) is -0.666. The van der Waals surface area contributed by atoms with Gasteiger partial charge < -0.3 is 10.2 Å². The molecular formula is C16H20F3N3O2. The van der Waals surface area contributed by atoms with Gasteiger partial charge in [-0.05, 0) is 31.5 Å². The first-order valence-corrected chi connectivity index (χ1v) is 7.61. The second-order valence-electron chi connectivity index (χ2n) is 5.95. The lowest BCUT2D eigenvalue weighted by Gasteiger charge is -2.25. The number of carbonyl (C=O) groups excluding carboxylic acids is 2. The van der Waals surface area contributed by atoms with Crippen LogP contribution in [0.2, 0.25) is 0 Å². The summed E-state index contributed by atoms with van der Waals surface area (Å²) in [7, 11) is 3.27. The lowest BCUT2D eigenvalue weighted by atomic mass is 10.1. The molecule has 0 saturated carbocycles. The zero-order valence-electron chi connectivity index (χ0n) is 13.6. The zero-order chi connectivity index (χ0) is 17.9. The fraction of sp³-hybridized carbons (Fsp3) is 0.500. The Kier molecular flexibility index (Phi) is 5.48. The van der Waals surface area contributed by atoms with Crippen LogP contribution >= 0.6 is 0 Å². The SMILES string of the molecule is CN(C)C(=O)[C@@H]1CCCN1CC(=O)Nc1ccccc1C(F)(F)F. The van der Waals surface area contributed by atoms with E-state index in [4.69, 9.17) is 0 Å². The van der Waals surface area contributed by atoms with E-state index >= 15 is 0 Å². The largest absolute Gasteiger partial charge is 0.418 e. The number of likely N-dealkylation sites (tertiary alicyclic amines) is 1. The number of alkyl halides is 3. The normalized spacial score (nSPS) is 18.5. The molecule has 8 heteroatoms. The lowest BCUT2D eigenvalue weighted by molar-refractivity contribution is -0.137. The molecule has 0 unspecified atom stereocenters. The number of likely N-dealkylation sites (N-methyl/N-ethyl adjacent to an activating group) is 1. The summed E-state index contributed by atoms with van der Waals surface area (Å²) in [5, 5.41) is 2.31. The number of carbonyl (C=O) groups is 2. The molecule has 2 amide bonds. The predicted octanol–water partition coefficient (Wildman–Crippen LogP) is 2.20. The van der Waals surface area contributed by atoms with Gasteiger partial charge in [-0.15, -0.1) is 0 Å². The van der Waals surface area contributed by atoms with Crippen molar-refractivity contribution in [1.82, 2.24) is 9.80 Å². The minimum atomic E-state index is -4.54. The van der Waals surface area contributed by atoms with Gasteiger partial charge in [0.2, 0.25) is 11.8 Å². The predicted molar refractivity (Wildman–Crippen MR) is 83.4 cm³/mol. The second-order valence-corrected chi connectivity index (χ2v) is 5.95. The first-order valence-electron chi connectivity index (χ1n) is 7.61. The molecular weight excluding hydrogens is 323 g/mol. The van der Waals surface area contributed by atoms with Crippen LogP contribution in [-0.2, 0) is 15.8 Å². The summed E-state index contributed by atoms with van der Waals surface area (Å²) in [4.78, 5) is 27.4. The Hall–Kier alpha value is -2.09. The summed E-state index contributed by atoms with van der Waals surface area (Å²) in [6.45, 7) is 0.453. The molecule has 1 heterocycles. The molecule has 1 saturated heterocycles. The molecule has 132 valence electrons. The lowest BCUT2D eigenvalue weighted by Crippen LogP contribution is -2.45. The summed E-state index contributed by atoms with van der Waals surface area (Å²) in [5.41, 5.74) is -1.16. The molecule has 0 spiro atoms. The monoisotopic (exact) mass is 343 g/mol. The first-order chi connectivity index (χ1) is 11.2. The number of para-hydroxylation sites is 1. The minimum Gasteiger partial charge on any atom is -0.347 e. The number of hydrogen-bond acceptors (Lipinski definition) is 3. The third kappa shape index (κ3) is 4.25. The molecule has 0 bridgehead atoms. The van der Waals surface area contributed by atoms with Gasteiger partial charge in [-0.3, -0.25) is 14.5 Å². The molecule has 1 fully saturated rings. The third-order valence-electron chi connectivity index (χ3n) is 3.94. The van der Waals surface area contributed by atoms with Crippen LogP contribution in [0.4, 0.5) is 18.9 Å². The van der Waals surface area contributed by atoms with Crippen molar-refractivity contribution in [3.05, 3.63) is 29.8 Å². The standard InChI is InChI=1S/C16H20F3N3O2/c1-21(2)15(24)13-8-5-9-22(13)10-14(23)20-12-7-4-3-6-11(12)16(17,18)19/h3-4,6-7,13H,5,8-10H2,1-2H3,(H,20,23)/t13-/m0/s1. The van der Waals surface area contributed by atoms with Gasteiger partial charge in [0.15, 0.2) is 0 Å². The van der Waals surface area contributed by atoms with E-state index in [1.165, 1.54) is 23.1 Å². The van der Waals surface area contributed by atoms with Crippen LogP contribution in [0.1, 0.15) is 18.4 Å². The van der Waals surface area contributed by atoms with Gasteiger partial charge in [0, 0.05) is 14.1 Å². The average molecular weight is 343 g/mol. The number of hydrogen-bond donors (Lipinski definition) is 1. The highest BCUT2D eigenvalue weighted by atomic mass is 19.4. The second kappa shape index (κ2) is 7.21. The van der Waals surface area contributed by atoms with E-state index in [9.17, 15) is 22.8 Å². The Morgan fingerprint density at radius 2 is 1.96 bits per heavy atom. The number of anilines is 1. The number of nitrogens with zero attached hydrogens (tertiary/aromatic N) is 2. The quantitative estimate of drug-likeness (QED) is 0.912. The topological polar surface area (TPSA) is 52.7 Å². The molecule has 1 aliphatic rings. The maximum absolute atomic E-state index is 12.9. The van der Waals surface area contributed by atoms with E-state index in [2.05, 4.69) is 5.32 Å². The van der Waals surface area contributed by atoms with Crippen LogP contribution in [0.15, 0.2) is 24.3 Å². The van der Waals surface area contributed by atoms with Gasteiger partial charge in [-0.1, -0.05) is 12.1 Å². The van der Waals surface area contributed by atoms with E-state index in [-0.39, 0.29) is 18.1 Å². The zero-order valence-corrected chi connectivity index (χ0v) is 13.6. The molecule has 1 aliphatic heterocycles. The fourth-order valence-electron chi connectivity index (χ4n) is 2.81. The molecule has 0 aromatic heterocycles. The van der Waals surface area contributed by atoms with Crippen LogP contribution in [0.3, 0.4) is 0 Å². The van der Waals surface area contributed by atoms with Gasteiger partial charge in [0.25, 0.3) is 0 Å². The summed E-state index contributed by atoms with van der Waals surface area (Å²) < 4.78 is 38.8. The highest BCUT2D eigenvalue weighted by Crippen LogP contribution is 2.34. The van der Waals surface area contributed by atoms with Gasteiger partial charge in [-0.2, -0.15) is 13.2 Å². The maximum Gasteiger partial charge on any atom is 0.418 e. The smallest absolute Gasteiger partial charge is 0.347 e. The Bertz CT molecular complexity index is 617. The van der Waals surface area contributed by atoms with Crippen molar-refractivity contribution in [3.63, 3.8) is 0 Å². The highest BCUT2D eigenvalue weighted by Gasteiger charge is 2.35. The number of rotatable bonds is 4. The van der Waals surface area contributed by atoms with E-state index in [1.54, 1.807) is 19.0 Å². The van der Waals surface area contributed by atoms with Crippen LogP contribution < -0.4 is 5.32 Å². The minimum absolute atomic E-state index is 0.101. The number of nitrogens with one attached hydrogen (secondary N) is 1. The summed E-state index contributed by atoms with van der Waals surface area (Å²) in [6, 6.07) is 4.43. The van der Waals surface area contributed by atoms with Crippen LogP contribution in [0.5, 0.6) is 0 Å². The van der Waals surface area contributed by atoms with Crippen molar-refractivity contribution in [2.45, 2.75) is 25.1 Å². The van der Waals surface area contributed by atoms with E-state index < -0.39 is 23.7 Å². The molecule has 24 heavy (non-hydrogen) atoms. The average Bonchev–Trinajstić information content (AvgIpc) is 2.93. The Morgan fingerprint density at radius 3 is 2.58 bits per heavy atom. The van der Waals surface area contributed by atoms with Gasteiger partial charge >= 0.3 is 6.18 Å². The maximum atomic E-state index is 12.9. The molecule has 1 aromatic rings. The van der Waals surface area contributed by atoms with Crippen LogP contribution in [-0.4, -0.2) is 54.8 Å². The van der Waals surface area contributed by atoms with Crippen molar-refractivity contribution in [3.8, 4) is 0 Å². The molecule has 0 radical (unpaired) electrons. The van der Waals surface area contributed by atoms with Gasteiger partial charge in [0.1, 0.15) is 0 Å². The van der Waals surface area contributed by atoms with Crippen LogP contribution in [0.25, 0.3) is 0 Å². The van der Waals surface area contributed by atoms with Crippen molar-refractivity contribution in [2.24, 2.45) is 0 Å². The van der Waals surface area contributed by atoms with E-state index in [0.29, 0.717) is 13.0 Å². The Labute approximate surface area is 138 Å². The third-order valence-corrected chi connectivity index (χ3v) is 3.94. The van der Waals surface area contributed by atoms with E-state index in [1.807, 2.05) is 0 Å². The number of benzene rings is 1. The first kappa shape index (κ1) is 18.3. The van der Waals surface area contributed by atoms with Crippen molar-refractivity contribution >= 4 is 17.5 Å². The van der Waals surface area contributed by atoms with Crippen molar-refractivity contribution in [1.29, 1.82) is 0 Å². The van der Waals surface area contributed by atoms with Gasteiger partial charge in [0.05, 0.1) is 23.8 Å². The Morgan fingerprint density at radius 1 is 1.29 bits per heavy atom. The van der Waals surface area contributed by atoms with E-state index in [0.717, 1.165) is 12.5 Å². The summed E-state index contributed by atoms with van der Waals surface area (Å²) >= 11 is 0. The Balaban J connectivity index is 2.05. The van der Waals surface area contributed by atoms with Crippen molar-refractivity contribution < 1.29 is 22.8 Å². The molecule has 1 N–H and O–H groups in total. The molecule has 5 nitrogen and oxygen atoms in total. The fourth-order valence-corrected chi connectivity index (χ4v) is 2.81. The molecule has 1 aromatic carbocycles. The number of amides is 2. The van der Waals surface area contributed by atoms with Crippen LogP contribution in [0, 0.1) is 0 Å². The molecule has 2 rings (SSSR count).